The fourth-order valence-electron chi connectivity index (χ4n) is 0.966. The van der Waals surface area contributed by atoms with E-state index in [9.17, 15) is 18.4 Å². The van der Waals surface area contributed by atoms with Gasteiger partial charge in [-0.25, -0.2) is 14.3 Å². The number of carbonyl (C=O) groups is 2. The Labute approximate surface area is 95.7 Å². The minimum atomic E-state index is -0.967. The van der Waals surface area contributed by atoms with Gasteiger partial charge in [-0.1, -0.05) is 0 Å². The van der Waals surface area contributed by atoms with Crippen LogP contribution in [0.3, 0.4) is 0 Å². The van der Waals surface area contributed by atoms with E-state index in [1.54, 1.807) is 0 Å². The molecule has 1 rings (SSSR count). The van der Waals surface area contributed by atoms with E-state index in [-0.39, 0.29) is 0 Å². The van der Waals surface area contributed by atoms with Crippen LogP contribution in [0.15, 0.2) is 18.2 Å². The summed E-state index contributed by atoms with van der Waals surface area (Å²) in [5.74, 6) is -3.06. The van der Waals surface area contributed by atoms with Gasteiger partial charge in [-0.15, -0.1) is 0 Å². The summed E-state index contributed by atoms with van der Waals surface area (Å²) in [6, 6.07) is 2.44. The lowest BCUT2D eigenvalue weighted by atomic mass is 10.2. The second-order valence-corrected chi connectivity index (χ2v) is 3.02. The number of carbonyl (C=O) groups excluding carboxylic acids is 2. The predicted molar refractivity (Wildman–Crippen MR) is 53.8 cm³/mol. The van der Waals surface area contributed by atoms with E-state index in [1.807, 2.05) is 5.48 Å². The Kier molecular flexibility index (Phi) is 4.53. The highest BCUT2D eigenvalue weighted by Crippen LogP contribution is 2.09. The molecule has 0 aliphatic heterocycles. The van der Waals surface area contributed by atoms with Gasteiger partial charge in [-0.05, 0) is 18.2 Å². The Morgan fingerprint density at radius 1 is 1.35 bits per heavy atom. The molecule has 0 fully saturated rings. The zero-order valence-corrected chi connectivity index (χ0v) is 8.92. The monoisotopic (exact) mass is 244 g/mol. The van der Waals surface area contributed by atoms with Crippen LogP contribution in [0.25, 0.3) is 0 Å². The Bertz CT molecular complexity index is 438. The first-order valence-corrected chi connectivity index (χ1v) is 4.62. The number of rotatable bonds is 4. The van der Waals surface area contributed by atoms with Crippen LogP contribution in [-0.4, -0.2) is 25.5 Å². The molecule has 0 aliphatic carbocycles. The summed E-state index contributed by atoms with van der Waals surface area (Å²) >= 11 is 0. The Balaban J connectivity index is 2.58. The normalized spacial score (nSPS) is 9.82. The highest BCUT2D eigenvalue weighted by molar-refractivity contribution is 5.93. The number of benzene rings is 1. The van der Waals surface area contributed by atoms with E-state index < -0.39 is 35.6 Å². The molecule has 0 aliphatic rings. The molecule has 0 spiro atoms. The zero-order chi connectivity index (χ0) is 12.8. The van der Waals surface area contributed by atoms with Gasteiger partial charge in [0.25, 0.3) is 5.91 Å². The maximum atomic E-state index is 13.1. The second kappa shape index (κ2) is 5.90. The molecule has 1 aromatic carbocycles. The number of likely N-dealkylation sites (N-methyl/N-ethyl adjacent to an activating group) is 1. The van der Waals surface area contributed by atoms with Crippen molar-refractivity contribution in [2.45, 2.75) is 0 Å². The van der Waals surface area contributed by atoms with Crippen LogP contribution in [0.4, 0.5) is 8.78 Å². The molecule has 0 bridgehead atoms. The van der Waals surface area contributed by atoms with Crippen molar-refractivity contribution >= 4 is 11.8 Å². The second-order valence-electron chi connectivity index (χ2n) is 3.02. The summed E-state index contributed by atoms with van der Waals surface area (Å²) in [6.07, 6.45) is 0. The number of halogens is 2. The average molecular weight is 244 g/mol. The minimum Gasteiger partial charge on any atom is -0.357 e. The topological polar surface area (TPSA) is 67.4 Å². The van der Waals surface area contributed by atoms with Gasteiger partial charge in [-0.3, -0.25) is 14.4 Å². The molecule has 2 amide bonds. The molecule has 17 heavy (non-hydrogen) atoms. The van der Waals surface area contributed by atoms with Gasteiger partial charge in [0.2, 0.25) is 5.91 Å². The molecule has 0 atom stereocenters. The highest BCUT2D eigenvalue weighted by atomic mass is 19.1. The lowest BCUT2D eigenvalue weighted by molar-refractivity contribution is -0.126. The van der Waals surface area contributed by atoms with Crippen molar-refractivity contribution in [1.82, 2.24) is 10.8 Å². The molecular weight excluding hydrogens is 234 g/mol. The van der Waals surface area contributed by atoms with Crippen molar-refractivity contribution in [2.24, 2.45) is 0 Å². The fraction of sp³-hybridized carbons (Fsp3) is 0.200. The molecule has 0 aromatic heterocycles. The maximum absolute atomic E-state index is 13.1. The number of hydrogen-bond donors (Lipinski definition) is 2. The summed E-state index contributed by atoms with van der Waals surface area (Å²) in [5.41, 5.74) is 1.33. The van der Waals surface area contributed by atoms with Gasteiger partial charge in [-0.2, -0.15) is 0 Å². The summed E-state index contributed by atoms with van der Waals surface area (Å²) in [5, 5.41) is 2.25. The molecule has 0 radical (unpaired) electrons. The van der Waals surface area contributed by atoms with Gasteiger partial charge >= 0.3 is 0 Å². The summed E-state index contributed by atoms with van der Waals surface area (Å²) < 4.78 is 25.9. The molecule has 1 aromatic rings. The van der Waals surface area contributed by atoms with Crippen LogP contribution in [0.2, 0.25) is 0 Å². The average Bonchev–Trinajstić information content (AvgIpc) is 2.31. The van der Waals surface area contributed by atoms with Crippen molar-refractivity contribution in [3.8, 4) is 0 Å². The van der Waals surface area contributed by atoms with Crippen molar-refractivity contribution in [3.05, 3.63) is 35.4 Å². The summed E-state index contributed by atoms with van der Waals surface area (Å²) in [7, 11) is 1.39. The van der Waals surface area contributed by atoms with Crippen LogP contribution in [-0.2, 0) is 9.63 Å². The Morgan fingerprint density at radius 2 is 2.06 bits per heavy atom. The van der Waals surface area contributed by atoms with Crippen LogP contribution >= 0.6 is 0 Å². The molecule has 7 heteroatoms. The molecule has 5 nitrogen and oxygen atoms in total. The third kappa shape index (κ3) is 3.80. The van der Waals surface area contributed by atoms with E-state index >= 15 is 0 Å². The minimum absolute atomic E-state index is 0.417. The van der Waals surface area contributed by atoms with E-state index in [2.05, 4.69) is 10.2 Å². The van der Waals surface area contributed by atoms with Gasteiger partial charge in [0, 0.05) is 7.05 Å². The van der Waals surface area contributed by atoms with Gasteiger partial charge in [0.15, 0.2) is 6.61 Å². The number of amides is 2. The smallest absolute Gasteiger partial charge is 0.277 e. The van der Waals surface area contributed by atoms with Crippen LogP contribution in [0, 0.1) is 11.6 Å². The first-order valence-electron chi connectivity index (χ1n) is 4.62. The largest absolute Gasteiger partial charge is 0.357 e. The summed E-state index contributed by atoms with van der Waals surface area (Å²) in [4.78, 5) is 26.5. The molecule has 0 unspecified atom stereocenters. The molecule has 2 N–H and O–H groups in total. The van der Waals surface area contributed by atoms with Crippen LogP contribution < -0.4 is 10.8 Å². The molecule has 0 saturated heterocycles. The van der Waals surface area contributed by atoms with Crippen molar-refractivity contribution in [1.29, 1.82) is 0 Å². The Hall–Kier alpha value is -2.02. The van der Waals surface area contributed by atoms with E-state index in [0.29, 0.717) is 0 Å². The van der Waals surface area contributed by atoms with Gasteiger partial charge in [0.05, 0.1) is 5.56 Å². The lowest BCUT2D eigenvalue weighted by Crippen LogP contribution is -2.31. The third-order valence-corrected chi connectivity index (χ3v) is 1.82. The molecule has 0 heterocycles. The van der Waals surface area contributed by atoms with E-state index in [1.165, 1.54) is 7.05 Å². The van der Waals surface area contributed by atoms with Crippen LogP contribution in [0.1, 0.15) is 10.4 Å². The standard InChI is InChI=1S/C10H10F2N2O3/c1-13-9(15)5-17-14-10(16)7-4-6(11)2-3-8(7)12/h2-4H,5H2,1H3,(H,13,15)(H,14,16). The SMILES string of the molecule is CNC(=O)CONC(=O)c1cc(F)ccc1F. The maximum Gasteiger partial charge on any atom is 0.277 e. The van der Waals surface area contributed by atoms with Crippen molar-refractivity contribution in [2.75, 3.05) is 13.7 Å². The van der Waals surface area contributed by atoms with Gasteiger partial charge in [0.1, 0.15) is 11.6 Å². The molecule has 92 valence electrons. The number of hydrogen-bond acceptors (Lipinski definition) is 3. The fourth-order valence-corrected chi connectivity index (χ4v) is 0.966. The quantitative estimate of drug-likeness (QED) is 0.752. The zero-order valence-electron chi connectivity index (χ0n) is 8.92. The lowest BCUT2D eigenvalue weighted by Gasteiger charge is -2.05. The first kappa shape index (κ1) is 13.0. The van der Waals surface area contributed by atoms with E-state index in [0.717, 1.165) is 18.2 Å². The van der Waals surface area contributed by atoms with E-state index in [4.69, 9.17) is 0 Å². The predicted octanol–water partition coefficient (Wildman–Crippen LogP) is 0.372. The molecular formula is C10H10F2N2O3. The Morgan fingerprint density at radius 3 is 2.71 bits per heavy atom. The van der Waals surface area contributed by atoms with Crippen LogP contribution in [0.5, 0.6) is 0 Å². The number of hydroxylamine groups is 1. The van der Waals surface area contributed by atoms with Crippen molar-refractivity contribution in [3.63, 3.8) is 0 Å². The third-order valence-electron chi connectivity index (χ3n) is 1.82. The van der Waals surface area contributed by atoms with Crippen molar-refractivity contribution < 1.29 is 23.2 Å². The molecule has 0 saturated carbocycles. The first-order chi connectivity index (χ1) is 8.04. The number of nitrogens with one attached hydrogen (secondary N) is 2. The van der Waals surface area contributed by atoms with Gasteiger partial charge < -0.3 is 5.32 Å². The summed E-state index contributed by atoms with van der Waals surface area (Å²) in [6.45, 7) is -0.417. The highest BCUT2D eigenvalue weighted by Gasteiger charge is 2.13.